The highest BCUT2D eigenvalue weighted by atomic mass is 19.4. The van der Waals surface area contributed by atoms with E-state index in [0.29, 0.717) is 25.1 Å². The Morgan fingerprint density at radius 1 is 1.22 bits per heavy atom. The van der Waals surface area contributed by atoms with Gasteiger partial charge in [-0.1, -0.05) is 26.8 Å². The summed E-state index contributed by atoms with van der Waals surface area (Å²) >= 11 is 0. The summed E-state index contributed by atoms with van der Waals surface area (Å²) in [6.45, 7) is 5.92. The number of carbonyl (C=O) groups excluding carboxylic acids is 1. The molecule has 0 radical (unpaired) electrons. The summed E-state index contributed by atoms with van der Waals surface area (Å²) in [4.78, 5) is 12.0. The van der Waals surface area contributed by atoms with Crippen LogP contribution in [0.4, 0.5) is 13.2 Å². The van der Waals surface area contributed by atoms with E-state index >= 15 is 0 Å². The lowest BCUT2D eigenvalue weighted by molar-refractivity contribution is -0.139. The third-order valence-electron chi connectivity index (χ3n) is 3.75. The van der Waals surface area contributed by atoms with Crippen LogP contribution in [-0.2, 0) is 11.2 Å². The van der Waals surface area contributed by atoms with Gasteiger partial charge >= 0.3 is 6.18 Å². The summed E-state index contributed by atoms with van der Waals surface area (Å²) in [6, 6.07) is 4.44. The molecule has 1 aromatic rings. The van der Waals surface area contributed by atoms with E-state index in [2.05, 4.69) is 5.32 Å². The fourth-order valence-corrected chi connectivity index (χ4v) is 2.48. The number of hydrogen-bond donors (Lipinski definition) is 2. The minimum absolute atomic E-state index is 0.0462. The second-order valence-electron chi connectivity index (χ2n) is 7.61. The number of alkyl halides is 3. The Morgan fingerprint density at radius 3 is 2.44 bits per heavy atom. The van der Waals surface area contributed by atoms with Crippen LogP contribution in [0.2, 0.25) is 0 Å². The van der Waals surface area contributed by atoms with Crippen molar-refractivity contribution in [1.82, 2.24) is 5.32 Å². The fourth-order valence-electron chi connectivity index (χ4n) is 2.48. The quantitative estimate of drug-likeness (QED) is 0.677. The lowest BCUT2D eigenvalue weighted by Crippen LogP contribution is -2.43. The van der Waals surface area contributed by atoms with Crippen molar-refractivity contribution in [2.75, 3.05) is 20.3 Å². The summed E-state index contributed by atoms with van der Waals surface area (Å²) < 4.78 is 47.1. The zero-order chi connectivity index (χ0) is 20.7. The maximum atomic E-state index is 12.3. The van der Waals surface area contributed by atoms with E-state index in [0.717, 1.165) is 5.56 Å². The van der Waals surface area contributed by atoms with Crippen molar-refractivity contribution >= 4 is 5.91 Å². The first-order valence-corrected chi connectivity index (χ1v) is 8.81. The summed E-state index contributed by atoms with van der Waals surface area (Å²) in [5.41, 5.74) is 6.66. The van der Waals surface area contributed by atoms with Gasteiger partial charge in [-0.05, 0) is 36.0 Å². The standard InChI is InChI=1S/C19H29F3N2O3/c1-18(2,3)12-14(23)17(25)24-9-7-13-5-6-15(26-4)16(11-13)27-10-8-19(20,21)22/h5-6,11,14H,7-10,12,23H2,1-4H3,(H,24,25)/t14-/m1/s1. The van der Waals surface area contributed by atoms with Crippen molar-refractivity contribution in [3.05, 3.63) is 23.8 Å². The Kier molecular flexibility index (Phi) is 8.40. The molecule has 0 aliphatic carbocycles. The van der Waals surface area contributed by atoms with Crippen molar-refractivity contribution in [2.24, 2.45) is 11.1 Å². The highest BCUT2D eigenvalue weighted by Gasteiger charge is 2.27. The van der Waals surface area contributed by atoms with Crippen molar-refractivity contribution in [3.8, 4) is 11.5 Å². The first-order valence-electron chi connectivity index (χ1n) is 8.81. The molecule has 5 nitrogen and oxygen atoms in total. The molecule has 1 atom stereocenters. The van der Waals surface area contributed by atoms with E-state index in [1.54, 1.807) is 18.2 Å². The van der Waals surface area contributed by atoms with Crippen molar-refractivity contribution < 1.29 is 27.4 Å². The highest BCUT2D eigenvalue weighted by Crippen LogP contribution is 2.29. The van der Waals surface area contributed by atoms with Crippen LogP contribution in [0.15, 0.2) is 18.2 Å². The predicted molar refractivity (Wildman–Crippen MR) is 97.9 cm³/mol. The van der Waals surface area contributed by atoms with E-state index in [1.165, 1.54) is 7.11 Å². The molecular weight excluding hydrogens is 361 g/mol. The van der Waals surface area contributed by atoms with Gasteiger partial charge in [0.15, 0.2) is 11.5 Å². The number of rotatable bonds is 9. The minimum atomic E-state index is -4.28. The Bertz CT molecular complexity index is 613. The maximum absolute atomic E-state index is 12.3. The molecule has 0 fully saturated rings. The number of amides is 1. The summed E-state index contributed by atoms with van der Waals surface area (Å²) in [6.07, 6.45) is -4.25. The number of hydrogen-bond acceptors (Lipinski definition) is 4. The molecular formula is C19H29F3N2O3. The predicted octanol–water partition coefficient (Wildman–Crippen LogP) is 3.45. The molecule has 0 bridgehead atoms. The van der Waals surface area contributed by atoms with Crippen LogP contribution in [-0.4, -0.2) is 38.4 Å². The first kappa shape index (κ1) is 23.1. The van der Waals surface area contributed by atoms with E-state index < -0.39 is 25.2 Å². The minimum Gasteiger partial charge on any atom is -0.493 e. The number of carbonyl (C=O) groups is 1. The molecule has 0 spiro atoms. The van der Waals surface area contributed by atoms with Crippen LogP contribution >= 0.6 is 0 Å². The molecule has 0 aliphatic heterocycles. The number of halogens is 3. The van der Waals surface area contributed by atoms with E-state index in [-0.39, 0.29) is 17.1 Å². The fraction of sp³-hybridized carbons (Fsp3) is 0.632. The molecule has 8 heteroatoms. The van der Waals surface area contributed by atoms with Crippen molar-refractivity contribution in [2.45, 2.75) is 52.3 Å². The lowest BCUT2D eigenvalue weighted by atomic mass is 9.88. The molecule has 1 rings (SSSR count). The molecule has 154 valence electrons. The smallest absolute Gasteiger partial charge is 0.392 e. The largest absolute Gasteiger partial charge is 0.493 e. The number of benzene rings is 1. The van der Waals surface area contributed by atoms with Crippen LogP contribution in [0.25, 0.3) is 0 Å². The van der Waals surface area contributed by atoms with Gasteiger partial charge in [0.05, 0.1) is 26.2 Å². The highest BCUT2D eigenvalue weighted by molar-refractivity contribution is 5.81. The summed E-state index contributed by atoms with van der Waals surface area (Å²) in [5.74, 6) is 0.382. The van der Waals surface area contributed by atoms with Gasteiger partial charge in [-0.15, -0.1) is 0 Å². The first-order chi connectivity index (χ1) is 12.4. The molecule has 0 unspecified atom stereocenters. The molecule has 3 N–H and O–H groups in total. The SMILES string of the molecule is COc1ccc(CCNC(=O)[C@H](N)CC(C)(C)C)cc1OCCC(F)(F)F. The normalized spacial score (nSPS) is 13.2. The molecule has 1 amide bonds. The van der Waals surface area contributed by atoms with Crippen molar-refractivity contribution in [1.29, 1.82) is 0 Å². The molecule has 0 heterocycles. The van der Waals surface area contributed by atoms with Gasteiger partial charge in [0.25, 0.3) is 0 Å². The van der Waals surface area contributed by atoms with E-state index in [1.807, 2.05) is 20.8 Å². The van der Waals surface area contributed by atoms with Crippen LogP contribution in [0, 0.1) is 5.41 Å². The second kappa shape index (κ2) is 9.82. The molecule has 0 saturated heterocycles. The van der Waals surface area contributed by atoms with Crippen LogP contribution < -0.4 is 20.5 Å². The molecule has 0 aromatic heterocycles. The Morgan fingerprint density at radius 2 is 1.89 bits per heavy atom. The summed E-state index contributed by atoms with van der Waals surface area (Å²) in [7, 11) is 1.42. The van der Waals surface area contributed by atoms with Gasteiger partial charge < -0.3 is 20.5 Å². The van der Waals surface area contributed by atoms with Gasteiger partial charge in [0.1, 0.15) is 0 Å². The van der Waals surface area contributed by atoms with E-state index in [9.17, 15) is 18.0 Å². The average molecular weight is 390 g/mol. The Hall–Kier alpha value is -1.96. The molecule has 0 saturated carbocycles. The topological polar surface area (TPSA) is 73.6 Å². The molecule has 0 aliphatic rings. The van der Waals surface area contributed by atoms with Gasteiger partial charge in [-0.25, -0.2) is 0 Å². The van der Waals surface area contributed by atoms with Gasteiger partial charge in [0, 0.05) is 6.54 Å². The lowest BCUT2D eigenvalue weighted by Gasteiger charge is -2.22. The van der Waals surface area contributed by atoms with Crippen LogP contribution in [0.3, 0.4) is 0 Å². The monoisotopic (exact) mass is 390 g/mol. The zero-order valence-electron chi connectivity index (χ0n) is 16.3. The zero-order valence-corrected chi connectivity index (χ0v) is 16.3. The maximum Gasteiger partial charge on any atom is 0.392 e. The van der Waals surface area contributed by atoms with Gasteiger partial charge in [-0.2, -0.15) is 13.2 Å². The van der Waals surface area contributed by atoms with Crippen LogP contribution in [0.1, 0.15) is 39.2 Å². The number of nitrogens with two attached hydrogens (primary N) is 1. The third-order valence-corrected chi connectivity index (χ3v) is 3.75. The molecule has 27 heavy (non-hydrogen) atoms. The van der Waals surface area contributed by atoms with E-state index in [4.69, 9.17) is 15.2 Å². The van der Waals surface area contributed by atoms with Crippen LogP contribution in [0.5, 0.6) is 11.5 Å². The third kappa shape index (κ3) is 9.51. The number of nitrogens with one attached hydrogen (secondary N) is 1. The second-order valence-corrected chi connectivity index (χ2v) is 7.61. The summed E-state index contributed by atoms with van der Waals surface area (Å²) in [5, 5.41) is 2.78. The number of ether oxygens (including phenoxy) is 2. The van der Waals surface area contributed by atoms with Gasteiger partial charge in [-0.3, -0.25) is 4.79 Å². The van der Waals surface area contributed by atoms with Crippen molar-refractivity contribution in [3.63, 3.8) is 0 Å². The number of methoxy groups -OCH3 is 1. The van der Waals surface area contributed by atoms with Gasteiger partial charge in [0.2, 0.25) is 5.91 Å². The Labute approximate surface area is 158 Å². The Balaban J connectivity index is 2.58. The molecule has 1 aromatic carbocycles. The average Bonchev–Trinajstić information content (AvgIpc) is 2.52.